The summed E-state index contributed by atoms with van der Waals surface area (Å²) in [5.74, 6) is -0.171. The first-order chi connectivity index (χ1) is 27.0. The van der Waals surface area contributed by atoms with Crippen molar-refractivity contribution in [3.8, 4) is 0 Å². The number of carbonyl (C=O) groups is 1. The molecule has 0 radical (unpaired) electrons. The lowest BCUT2D eigenvalue weighted by Gasteiger charge is -2.30. The average molecular weight is 815 g/mol. The van der Waals surface area contributed by atoms with Crippen molar-refractivity contribution in [2.75, 3.05) is 40.9 Å². The molecule has 0 aliphatic carbocycles. The van der Waals surface area contributed by atoms with E-state index in [2.05, 4.69) is 31.3 Å². The zero-order chi connectivity index (χ0) is 41.4. The van der Waals surface area contributed by atoms with E-state index in [1.165, 1.54) is 161 Å². The summed E-state index contributed by atoms with van der Waals surface area (Å²) >= 11 is 0. The summed E-state index contributed by atoms with van der Waals surface area (Å²) < 4.78 is 23.3. The second-order valence-corrected chi connectivity index (χ2v) is 19.2. The van der Waals surface area contributed by atoms with Crippen LogP contribution in [0.5, 0.6) is 0 Å². The van der Waals surface area contributed by atoms with Gasteiger partial charge in [-0.3, -0.25) is 9.36 Å². The summed E-state index contributed by atoms with van der Waals surface area (Å²) in [6, 6.07) is -0.811. The molecule has 0 rings (SSSR count). The Balaban J connectivity index is 4.30. The van der Waals surface area contributed by atoms with Crippen LogP contribution in [0.15, 0.2) is 12.2 Å². The molecule has 0 spiro atoms. The van der Waals surface area contributed by atoms with Crippen molar-refractivity contribution in [2.45, 2.75) is 244 Å². The Morgan fingerprint density at radius 1 is 0.607 bits per heavy atom. The van der Waals surface area contributed by atoms with Crippen molar-refractivity contribution in [1.82, 2.24) is 5.32 Å². The molecule has 0 bridgehead atoms. The Labute approximate surface area is 348 Å². The van der Waals surface area contributed by atoms with Crippen LogP contribution in [-0.4, -0.2) is 68.5 Å². The molecule has 0 aromatic heterocycles. The van der Waals surface area contributed by atoms with E-state index in [4.69, 9.17) is 9.05 Å². The zero-order valence-electron chi connectivity index (χ0n) is 37.9. The number of amides is 1. The number of phosphoric acid groups is 1. The molecule has 0 aliphatic heterocycles. The normalized spacial score (nSPS) is 14.3. The summed E-state index contributed by atoms with van der Waals surface area (Å²) in [5.41, 5.74) is 0. The Bertz CT molecular complexity index is 927. The molecule has 1 unspecified atom stereocenters. The maximum Gasteiger partial charge on any atom is 0.268 e. The topological polar surface area (TPSA) is 108 Å². The quantitative estimate of drug-likeness (QED) is 0.0274. The number of quaternary nitrogens is 1. The highest BCUT2D eigenvalue weighted by molar-refractivity contribution is 7.45. The Morgan fingerprint density at radius 3 is 1.39 bits per heavy atom. The SMILES string of the molecule is CCCCCCCCCCC/C=C/CCCC[C@@H](O)[C@H](COP(=O)([O-])OCC[N+](C)(C)C)NC(=O)CCCCCCCCCCCCCCCCCCCCC. The molecule has 0 saturated heterocycles. The third kappa shape index (κ3) is 41.4. The summed E-state index contributed by atoms with van der Waals surface area (Å²) in [5, 5.41) is 13.9. The minimum Gasteiger partial charge on any atom is -0.756 e. The molecule has 0 saturated carbocycles. The van der Waals surface area contributed by atoms with E-state index in [1.807, 2.05) is 21.1 Å². The molecular formula is C47H95N2O6P. The number of phosphoric ester groups is 1. The minimum atomic E-state index is -4.57. The van der Waals surface area contributed by atoms with Gasteiger partial charge < -0.3 is 28.8 Å². The molecule has 0 aliphatic rings. The molecule has 1 amide bonds. The van der Waals surface area contributed by atoms with Crippen LogP contribution in [0.1, 0.15) is 232 Å². The minimum absolute atomic E-state index is 0.00982. The fraction of sp³-hybridized carbons (Fsp3) is 0.936. The largest absolute Gasteiger partial charge is 0.756 e. The molecule has 334 valence electrons. The number of nitrogens with one attached hydrogen (secondary N) is 1. The maximum absolute atomic E-state index is 12.9. The molecule has 9 heteroatoms. The van der Waals surface area contributed by atoms with E-state index in [0.29, 0.717) is 23.9 Å². The molecule has 8 nitrogen and oxygen atoms in total. The Morgan fingerprint density at radius 2 is 0.982 bits per heavy atom. The Kier molecular flexibility index (Phi) is 39.1. The fourth-order valence-electron chi connectivity index (χ4n) is 7.15. The summed E-state index contributed by atoms with van der Waals surface area (Å²) in [7, 11) is 1.30. The van der Waals surface area contributed by atoms with Gasteiger partial charge in [0, 0.05) is 6.42 Å². The summed E-state index contributed by atoms with van der Waals surface area (Å²) in [6.45, 7) is 4.72. The van der Waals surface area contributed by atoms with Crippen LogP contribution in [-0.2, 0) is 18.4 Å². The van der Waals surface area contributed by atoms with Gasteiger partial charge in [-0.1, -0.05) is 199 Å². The van der Waals surface area contributed by atoms with Gasteiger partial charge in [-0.25, -0.2) is 0 Å². The van der Waals surface area contributed by atoms with Gasteiger partial charge in [-0.05, 0) is 38.5 Å². The van der Waals surface area contributed by atoms with E-state index < -0.39 is 20.0 Å². The van der Waals surface area contributed by atoms with Gasteiger partial charge >= 0.3 is 0 Å². The highest BCUT2D eigenvalue weighted by Crippen LogP contribution is 2.38. The smallest absolute Gasteiger partial charge is 0.268 e. The van der Waals surface area contributed by atoms with Gasteiger partial charge in [0.15, 0.2) is 0 Å². The third-order valence-corrected chi connectivity index (χ3v) is 12.0. The summed E-state index contributed by atoms with van der Waals surface area (Å²) in [6.07, 6.45) is 45.0. The highest BCUT2D eigenvalue weighted by atomic mass is 31.2. The van der Waals surface area contributed by atoms with Gasteiger partial charge in [0.05, 0.1) is 39.9 Å². The fourth-order valence-corrected chi connectivity index (χ4v) is 7.88. The highest BCUT2D eigenvalue weighted by Gasteiger charge is 2.24. The number of hydrogen-bond acceptors (Lipinski definition) is 6. The summed E-state index contributed by atoms with van der Waals surface area (Å²) in [4.78, 5) is 25.4. The second-order valence-electron chi connectivity index (χ2n) is 17.8. The molecule has 0 aromatic carbocycles. The van der Waals surface area contributed by atoms with Crippen LogP contribution >= 0.6 is 7.82 Å². The average Bonchev–Trinajstić information content (AvgIpc) is 3.15. The van der Waals surface area contributed by atoms with E-state index in [9.17, 15) is 19.4 Å². The lowest BCUT2D eigenvalue weighted by molar-refractivity contribution is -0.870. The standard InChI is InChI=1S/C47H95N2O6P/c1-6-8-10-12-14-16-18-20-22-23-24-25-27-29-31-33-35-37-39-41-47(51)48-45(44-55-56(52,53)54-43-42-49(3,4)5)46(50)40-38-36-34-32-30-28-26-21-19-17-15-13-11-9-7-2/h30,32,45-46,50H,6-29,31,33-44H2,1-5H3,(H-,48,51,52,53)/b32-30+/t45-,46+/m0/s1. The predicted molar refractivity (Wildman–Crippen MR) is 238 cm³/mol. The van der Waals surface area contributed by atoms with E-state index in [0.717, 1.165) is 44.9 Å². The van der Waals surface area contributed by atoms with Crippen molar-refractivity contribution < 1.29 is 32.9 Å². The van der Waals surface area contributed by atoms with Crippen LogP contribution < -0.4 is 10.2 Å². The van der Waals surface area contributed by atoms with Gasteiger partial charge in [0.1, 0.15) is 13.2 Å². The number of carbonyl (C=O) groups excluding carboxylic acids is 1. The predicted octanol–water partition coefficient (Wildman–Crippen LogP) is 12.9. The maximum atomic E-state index is 12.9. The lowest BCUT2D eigenvalue weighted by Crippen LogP contribution is -2.46. The van der Waals surface area contributed by atoms with E-state index in [-0.39, 0.29) is 19.1 Å². The third-order valence-electron chi connectivity index (χ3n) is 11.0. The number of allylic oxidation sites excluding steroid dienone is 2. The van der Waals surface area contributed by atoms with Gasteiger partial charge in [0.2, 0.25) is 5.91 Å². The molecule has 56 heavy (non-hydrogen) atoms. The number of aliphatic hydroxyl groups excluding tert-OH is 1. The van der Waals surface area contributed by atoms with Crippen molar-refractivity contribution >= 4 is 13.7 Å². The Hall–Kier alpha value is -0.760. The molecule has 2 N–H and O–H groups in total. The number of hydrogen-bond donors (Lipinski definition) is 2. The first-order valence-electron chi connectivity index (χ1n) is 24.0. The van der Waals surface area contributed by atoms with Crippen LogP contribution in [0.2, 0.25) is 0 Å². The molecule has 0 heterocycles. The monoisotopic (exact) mass is 815 g/mol. The van der Waals surface area contributed by atoms with Crippen LogP contribution in [0.3, 0.4) is 0 Å². The second kappa shape index (κ2) is 39.7. The van der Waals surface area contributed by atoms with Crippen molar-refractivity contribution in [3.63, 3.8) is 0 Å². The van der Waals surface area contributed by atoms with E-state index >= 15 is 0 Å². The number of nitrogens with zero attached hydrogens (tertiary/aromatic N) is 1. The van der Waals surface area contributed by atoms with Crippen LogP contribution in [0.4, 0.5) is 0 Å². The molecular weight excluding hydrogens is 719 g/mol. The van der Waals surface area contributed by atoms with Crippen LogP contribution in [0.25, 0.3) is 0 Å². The van der Waals surface area contributed by atoms with Gasteiger partial charge in [-0.2, -0.15) is 0 Å². The van der Waals surface area contributed by atoms with Crippen LogP contribution in [0, 0.1) is 0 Å². The molecule has 3 atom stereocenters. The first kappa shape index (κ1) is 55.2. The van der Waals surface area contributed by atoms with E-state index in [1.54, 1.807) is 0 Å². The van der Waals surface area contributed by atoms with Crippen molar-refractivity contribution in [3.05, 3.63) is 12.2 Å². The van der Waals surface area contributed by atoms with Crippen molar-refractivity contribution in [2.24, 2.45) is 0 Å². The zero-order valence-corrected chi connectivity index (χ0v) is 38.7. The molecule has 0 fully saturated rings. The molecule has 0 aromatic rings. The first-order valence-corrected chi connectivity index (χ1v) is 25.5. The van der Waals surface area contributed by atoms with Gasteiger partial charge in [-0.15, -0.1) is 0 Å². The lowest BCUT2D eigenvalue weighted by atomic mass is 10.0. The number of aliphatic hydroxyl groups is 1. The number of likely N-dealkylation sites (N-methyl/N-ethyl adjacent to an activating group) is 1. The van der Waals surface area contributed by atoms with Gasteiger partial charge in [0.25, 0.3) is 7.82 Å². The number of unbranched alkanes of at least 4 members (excludes halogenated alkanes) is 29. The number of rotatable bonds is 44. The van der Waals surface area contributed by atoms with Crippen molar-refractivity contribution in [1.29, 1.82) is 0 Å².